The molecule has 142 valence electrons. The number of nitrogens with one attached hydrogen (secondary N) is 1. The number of hydrogen-bond acceptors (Lipinski definition) is 5. The minimum Gasteiger partial charge on any atom is -0.489 e. The molecular weight excluding hydrogens is 348 g/mol. The van der Waals surface area contributed by atoms with Gasteiger partial charge in [-0.3, -0.25) is 14.4 Å². The highest BCUT2D eigenvalue weighted by molar-refractivity contribution is 5.88. The summed E-state index contributed by atoms with van der Waals surface area (Å²) >= 11 is 0. The lowest BCUT2D eigenvalue weighted by molar-refractivity contribution is -0.146. The number of esters is 1. The maximum atomic E-state index is 11.7. The molecule has 0 aliphatic heterocycles. The van der Waals surface area contributed by atoms with Gasteiger partial charge in [0.1, 0.15) is 18.4 Å². The summed E-state index contributed by atoms with van der Waals surface area (Å²) in [5.74, 6) is -1.14. The van der Waals surface area contributed by atoms with E-state index in [9.17, 15) is 14.4 Å². The van der Waals surface area contributed by atoms with Crippen LogP contribution in [0.2, 0.25) is 0 Å². The number of rotatable bonds is 9. The summed E-state index contributed by atoms with van der Waals surface area (Å²) in [4.78, 5) is 34.0. The van der Waals surface area contributed by atoms with Crippen LogP contribution in [-0.2, 0) is 32.1 Å². The van der Waals surface area contributed by atoms with E-state index in [-0.39, 0.29) is 6.42 Å². The Morgan fingerprint density at radius 1 is 1.00 bits per heavy atom. The molecular formula is C20H22N2O5. The topological polar surface area (TPSA) is 108 Å². The Labute approximate surface area is 157 Å². The van der Waals surface area contributed by atoms with E-state index in [0.29, 0.717) is 12.4 Å². The number of ether oxygens (including phenoxy) is 2. The molecule has 7 heteroatoms. The summed E-state index contributed by atoms with van der Waals surface area (Å²) in [6.07, 6.45) is 0.222. The average Bonchev–Trinajstić information content (AvgIpc) is 2.66. The number of benzene rings is 2. The molecule has 0 spiro atoms. The van der Waals surface area contributed by atoms with E-state index in [1.165, 1.54) is 6.92 Å². The molecule has 27 heavy (non-hydrogen) atoms. The normalized spacial score (nSPS) is 11.3. The third-order valence-corrected chi connectivity index (χ3v) is 3.70. The van der Waals surface area contributed by atoms with Crippen molar-refractivity contribution in [3.8, 4) is 5.75 Å². The zero-order valence-corrected chi connectivity index (χ0v) is 15.0. The molecule has 2 aromatic carbocycles. The summed E-state index contributed by atoms with van der Waals surface area (Å²) in [5.41, 5.74) is 7.21. The van der Waals surface area contributed by atoms with E-state index < -0.39 is 30.4 Å². The van der Waals surface area contributed by atoms with Gasteiger partial charge in [-0.2, -0.15) is 0 Å². The van der Waals surface area contributed by atoms with Gasteiger partial charge in [0.2, 0.25) is 5.91 Å². The lowest BCUT2D eigenvalue weighted by Crippen LogP contribution is -2.47. The number of hydrogen-bond donors (Lipinski definition) is 2. The van der Waals surface area contributed by atoms with Gasteiger partial charge in [0.05, 0.1) is 0 Å². The summed E-state index contributed by atoms with van der Waals surface area (Å²) < 4.78 is 10.3. The molecule has 2 rings (SSSR count). The van der Waals surface area contributed by atoms with E-state index in [1.54, 1.807) is 24.3 Å². The van der Waals surface area contributed by atoms with E-state index in [1.807, 2.05) is 30.3 Å². The molecule has 0 saturated heterocycles. The van der Waals surface area contributed by atoms with Gasteiger partial charge >= 0.3 is 5.97 Å². The largest absolute Gasteiger partial charge is 0.489 e. The molecule has 0 fully saturated rings. The highest BCUT2D eigenvalue weighted by Crippen LogP contribution is 2.15. The molecule has 2 amide bonds. The fourth-order valence-corrected chi connectivity index (χ4v) is 2.32. The molecule has 0 aliphatic rings. The zero-order chi connectivity index (χ0) is 19.6. The van der Waals surface area contributed by atoms with Crippen LogP contribution >= 0.6 is 0 Å². The number of amides is 2. The van der Waals surface area contributed by atoms with Crippen molar-refractivity contribution >= 4 is 17.8 Å². The Morgan fingerprint density at radius 2 is 1.67 bits per heavy atom. The summed E-state index contributed by atoms with van der Waals surface area (Å²) in [6.45, 7) is 1.20. The van der Waals surface area contributed by atoms with Crippen LogP contribution < -0.4 is 15.8 Å². The number of carbonyl (C=O) groups is 3. The second-order valence-electron chi connectivity index (χ2n) is 5.93. The number of nitrogens with two attached hydrogens (primary N) is 1. The van der Waals surface area contributed by atoms with Crippen molar-refractivity contribution in [2.45, 2.75) is 26.0 Å². The van der Waals surface area contributed by atoms with Crippen molar-refractivity contribution in [3.05, 3.63) is 65.7 Å². The average molecular weight is 370 g/mol. The van der Waals surface area contributed by atoms with Gasteiger partial charge in [-0.05, 0) is 23.3 Å². The second kappa shape index (κ2) is 9.96. The van der Waals surface area contributed by atoms with Gasteiger partial charge < -0.3 is 20.5 Å². The van der Waals surface area contributed by atoms with Gasteiger partial charge in [-0.15, -0.1) is 0 Å². The lowest BCUT2D eigenvalue weighted by atomic mass is 10.1. The predicted octanol–water partition coefficient (Wildman–Crippen LogP) is 1.34. The first-order valence-corrected chi connectivity index (χ1v) is 8.41. The molecule has 0 radical (unpaired) electrons. The standard InChI is InChI=1S/C20H22N2O5/c1-14(23)26-13-19(24)22-18(20(21)25)11-15-7-9-17(10-8-15)27-12-16-5-3-2-4-6-16/h2-10,18H,11-13H2,1H3,(H2,21,25)(H,22,24)/t18-/m1/s1. The third kappa shape index (κ3) is 7.19. The minimum atomic E-state index is -0.899. The van der Waals surface area contributed by atoms with Crippen molar-refractivity contribution in [2.24, 2.45) is 5.73 Å². The van der Waals surface area contributed by atoms with Gasteiger partial charge in [0.15, 0.2) is 6.61 Å². The Morgan fingerprint density at radius 3 is 2.26 bits per heavy atom. The van der Waals surface area contributed by atoms with Crippen molar-refractivity contribution in [3.63, 3.8) is 0 Å². The van der Waals surface area contributed by atoms with Crippen molar-refractivity contribution in [2.75, 3.05) is 6.61 Å². The Balaban J connectivity index is 1.89. The van der Waals surface area contributed by atoms with Crippen LogP contribution in [0.25, 0.3) is 0 Å². The number of carbonyl (C=O) groups excluding carboxylic acids is 3. The molecule has 0 saturated carbocycles. The van der Waals surface area contributed by atoms with Crippen LogP contribution in [-0.4, -0.2) is 30.4 Å². The summed E-state index contributed by atoms with van der Waals surface area (Å²) in [5, 5.41) is 2.46. The first-order valence-electron chi connectivity index (χ1n) is 8.41. The van der Waals surface area contributed by atoms with Gasteiger partial charge in [-0.1, -0.05) is 42.5 Å². The second-order valence-corrected chi connectivity index (χ2v) is 5.93. The molecule has 1 atom stereocenters. The Bertz CT molecular complexity index is 775. The highest BCUT2D eigenvalue weighted by Gasteiger charge is 2.19. The fraction of sp³-hybridized carbons (Fsp3) is 0.250. The monoisotopic (exact) mass is 370 g/mol. The van der Waals surface area contributed by atoms with Gasteiger partial charge in [0.25, 0.3) is 5.91 Å². The molecule has 0 unspecified atom stereocenters. The lowest BCUT2D eigenvalue weighted by Gasteiger charge is -2.16. The molecule has 2 aromatic rings. The van der Waals surface area contributed by atoms with Crippen LogP contribution in [0.5, 0.6) is 5.75 Å². The van der Waals surface area contributed by atoms with Gasteiger partial charge in [0, 0.05) is 13.3 Å². The molecule has 0 bridgehead atoms. The minimum absolute atomic E-state index is 0.222. The molecule has 0 heterocycles. The van der Waals surface area contributed by atoms with Crippen molar-refractivity contribution in [1.29, 1.82) is 0 Å². The third-order valence-electron chi connectivity index (χ3n) is 3.70. The Kier molecular flexibility index (Phi) is 7.37. The maximum absolute atomic E-state index is 11.7. The van der Waals surface area contributed by atoms with E-state index in [2.05, 4.69) is 10.1 Å². The maximum Gasteiger partial charge on any atom is 0.303 e. The predicted molar refractivity (Wildman–Crippen MR) is 98.7 cm³/mol. The van der Waals surface area contributed by atoms with Crippen LogP contribution in [0.3, 0.4) is 0 Å². The first-order chi connectivity index (χ1) is 12.9. The van der Waals surface area contributed by atoms with Crippen LogP contribution in [0.4, 0.5) is 0 Å². The van der Waals surface area contributed by atoms with Crippen molar-refractivity contribution < 1.29 is 23.9 Å². The highest BCUT2D eigenvalue weighted by atomic mass is 16.5. The molecule has 3 N–H and O–H groups in total. The SMILES string of the molecule is CC(=O)OCC(=O)N[C@H](Cc1ccc(OCc2ccccc2)cc1)C(N)=O. The molecule has 0 aliphatic carbocycles. The van der Waals surface area contributed by atoms with Gasteiger partial charge in [-0.25, -0.2) is 0 Å². The number of primary amides is 1. The first kappa shape index (κ1) is 20.0. The zero-order valence-electron chi connectivity index (χ0n) is 15.0. The van der Waals surface area contributed by atoms with Crippen LogP contribution in [0.1, 0.15) is 18.1 Å². The quantitative estimate of drug-likeness (QED) is 0.648. The van der Waals surface area contributed by atoms with Crippen LogP contribution in [0.15, 0.2) is 54.6 Å². The molecule has 0 aromatic heterocycles. The summed E-state index contributed by atoms with van der Waals surface area (Å²) in [6, 6.07) is 16.1. The van der Waals surface area contributed by atoms with E-state index in [0.717, 1.165) is 11.1 Å². The fourth-order valence-electron chi connectivity index (χ4n) is 2.32. The summed E-state index contributed by atoms with van der Waals surface area (Å²) in [7, 11) is 0. The smallest absolute Gasteiger partial charge is 0.303 e. The van der Waals surface area contributed by atoms with Crippen molar-refractivity contribution in [1.82, 2.24) is 5.32 Å². The Hall–Kier alpha value is -3.35. The van der Waals surface area contributed by atoms with Crippen LogP contribution in [0, 0.1) is 0 Å². The molecule has 7 nitrogen and oxygen atoms in total. The van der Waals surface area contributed by atoms with E-state index >= 15 is 0 Å². The van der Waals surface area contributed by atoms with E-state index in [4.69, 9.17) is 10.5 Å².